The molecule has 0 aromatic heterocycles. The summed E-state index contributed by atoms with van der Waals surface area (Å²) in [5.41, 5.74) is 1.22. The van der Waals surface area contributed by atoms with Gasteiger partial charge in [-0.15, -0.1) is 0 Å². The van der Waals surface area contributed by atoms with E-state index in [0.717, 1.165) is 5.69 Å². The van der Waals surface area contributed by atoms with Gasteiger partial charge in [0.05, 0.1) is 6.04 Å². The normalized spacial score (nSPS) is 17.0. The molecule has 1 saturated heterocycles. The summed E-state index contributed by atoms with van der Waals surface area (Å²) in [6.07, 6.45) is 0.222. The molecule has 124 valence electrons. The van der Waals surface area contributed by atoms with Crippen molar-refractivity contribution in [2.24, 2.45) is 0 Å². The van der Waals surface area contributed by atoms with Gasteiger partial charge in [-0.3, -0.25) is 4.79 Å². The molecule has 0 spiro atoms. The summed E-state index contributed by atoms with van der Waals surface area (Å²) in [6, 6.07) is 11.7. The number of hydrogen-bond donors (Lipinski definition) is 2. The molecule has 3 amide bonds. The Hall–Kier alpha value is -2.60. The van der Waals surface area contributed by atoms with Crippen LogP contribution < -0.4 is 15.5 Å². The van der Waals surface area contributed by atoms with Crippen LogP contribution in [0.3, 0.4) is 0 Å². The smallest absolute Gasteiger partial charge is 0.319 e. The second kappa shape index (κ2) is 6.88. The van der Waals surface area contributed by atoms with E-state index in [1.165, 1.54) is 24.3 Å². The molecule has 0 aliphatic carbocycles. The van der Waals surface area contributed by atoms with Crippen molar-refractivity contribution in [2.45, 2.75) is 12.5 Å². The molecule has 1 fully saturated rings. The van der Waals surface area contributed by atoms with Gasteiger partial charge in [0.2, 0.25) is 5.91 Å². The number of nitrogens with one attached hydrogen (secondary N) is 2. The second-order valence-corrected chi connectivity index (χ2v) is 5.92. The third kappa shape index (κ3) is 3.83. The van der Waals surface area contributed by atoms with Gasteiger partial charge in [0, 0.05) is 29.4 Å². The van der Waals surface area contributed by atoms with Crippen LogP contribution in [0.4, 0.5) is 20.6 Å². The molecule has 1 atom stereocenters. The van der Waals surface area contributed by atoms with Crippen molar-refractivity contribution in [1.82, 2.24) is 5.32 Å². The van der Waals surface area contributed by atoms with Gasteiger partial charge in [0.1, 0.15) is 5.82 Å². The van der Waals surface area contributed by atoms with Gasteiger partial charge in [-0.05, 0) is 48.5 Å². The van der Waals surface area contributed by atoms with Gasteiger partial charge in [-0.2, -0.15) is 0 Å². The fraction of sp³-hybridized carbons (Fsp3) is 0.176. The molecule has 7 heteroatoms. The summed E-state index contributed by atoms with van der Waals surface area (Å²) in [5, 5.41) is 5.96. The molecule has 2 N–H and O–H groups in total. The van der Waals surface area contributed by atoms with Crippen LogP contribution in [0.1, 0.15) is 6.42 Å². The number of hydrogen-bond acceptors (Lipinski definition) is 2. The molecule has 0 bridgehead atoms. The van der Waals surface area contributed by atoms with E-state index in [2.05, 4.69) is 10.6 Å². The van der Waals surface area contributed by atoms with Crippen molar-refractivity contribution in [2.75, 3.05) is 16.8 Å². The number of carbonyl (C=O) groups excluding carboxylic acids is 2. The summed E-state index contributed by atoms with van der Waals surface area (Å²) < 4.78 is 12.8. The Balaban J connectivity index is 1.58. The molecule has 3 rings (SSSR count). The Morgan fingerprint density at radius 3 is 2.46 bits per heavy atom. The van der Waals surface area contributed by atoms with E-state index in [9.17, 15) is 14.0 Å². The average Bonchev–Trinajstić information content (AvgIpc) is 2.90. The Kier molecular flexibility index (Phi) is 4.66. The van der Waals surface area contributed by atoms with Crippen molar-refractivity contribution in [3.8, 4) is 0 Å². The molecule has 0 radical (unpaired) electrons. The summed E-state index contributed by atoms with van der Waals surface area (Å²) >= 11 is 5.85. The quantitative estimate of drug-likeness (QED) is 0.893. The van der Waals surface area contributed by atoms with Crippen LogP contribution in [-0.2, 0) is 4.79 Å². The van der Waals surface area contributed by atoms with Gasteiger partial charge in [0.25, 0.3) is 0 Å². The number of carbonyl (C=O) groups is 2. The van der Waals surface area contributed by atoms with Crippen LogP contribution in [0.15, 0.2) is 48.5 Å². The fourth-order valence-electron chi connectivity index (χ4n) is 2.56. The fourth-order valence-corrected chi connectivity index (χ4v) is 2.69. The maximum absolute atomic E-state index is 12.8. The monoisotopic (exact) mass is 347 g/mol. The van der Waals surface area contributed by atoms with Crippen molar-refractivity contribution < 1.29 is 14.0 Å². The first-order valence-corrected chi connectivity index (χ1v) is 7.78. The van der Waals surface area contributed by atoms with E-state index in [1.807, 2.05) is 0 Å². The number of anilines is 2. The molecule has 1 aliphatic heterocycles. The lowest BCUT2D eigenvalue weighted by molar-refractivity contribution is -0.117. The Morgan fingerprint density at radius 1 is 1.12 bits per heavy atom. The van der Waals surface area contributed by atoms with Gasteiger partial charge < -0.3 is 15.5 Å². The third-order valence-electron chi connectivity index (χ3n) is 3.70. The Bertz CT molecular complexity index is 749. The number of amides is 3. The second-order valence-electron chi connectivity index (χ2n) is 5.49. The minimum atomic E-state index is -0.433. The number of benzene rings is 2. The zero-order valence-corrected chi connectivity index (χ0v) is 13.4. The van der Waals surface area contributed by atoms with Crippen LogP contribution in [0.25, 0.3) is 0 Å². The first kappa shape index (κ1) is 16.3. The molecule has 1 heterocycles. The lowest BCUT2D eigenvalue weighted by Crippen LogP contribution is -2.39. The van der Waals surface area contributed by atoms with Crippen LogP contribution in [0.5, 0.6) is 0 Å². The Morgan fingerprint density at radius 2 is 1.79 bits per heavy atom. The van der Waals surface area contributed by atoms with E-state index >= 15 is 0 Å². The highest BCUT2D eigenvalue weighted by Gasteiger charge is 2.31. The molecule has 2 aromatic carbocycles. The number of rotatable bonds is 3. The SMILES string of the molecule is O=C(Nc1ccc(F)cc1)N[C@H]1CC(=O)N(c2ccc(Cl)cc2)C1. The zero-order chi connectivity index (χ0) is 17.1. The summed E-state index contributed by atoms with van der Waals surface area (Å²) in [4.78, 5) is 25.7. The largest absolute Gasteiger partial charge is 0.333 e. The highest BCUT2D eigenvalue weighted by atomic mass is 35.5. The van der Waals surface area contributed by atoms with E-state index in [-0.39, 0.29) is 24.2 Å². The molecule has 5 nitrogen and oxygen atoms in total. The number of nitrogens with zero attached hydrogens (tertiary/aromatic N) is 1. The maximum atomic E-state index is 12.8. The van der Waals surface area contributed by atoms with Gasteiger partial charge >= 0.3 is 6.03 Å². The first-order chi connectivity index (χ1) is 11.5. The average molecular weight is 348 g/mol. The highest BCUT2D eigenvalue weighted by Crippen LogP contribution is 2.23. The zero-order valence-electron chi connectivity index (χ0n) is 12.6. The third-order valence-corrected chi connectivity index (χ3v) is 3.95. The minimum Gasteiger partial charge on any atom is -0.333 e. The van der Waals surface area contributed by atoms with E-state index in [4.69, 9.17) is 11.6 Å². The maximum Gasteiger partial charge on any atom is 0.319 e. The highest BCUT2D eigenvalue weighted by molar-refractivity contribution is 6.30. The Labute approximate surface area is 143 Å². The standard InChI is InChI=1S/C17H15ClFN3O2/c18-11-1-7-15(8-2-11)22-10-14(9-16(22)23)21-17(24)20-13-5-3-12(19)4-6-13/h1-8,14H,9-10H2,(H2,20,21,24)/t14-/m0/s1. The van der Waals surface area contributed by atoms with Crippen molar-refractivity contribution in [3.63, 3.8) is 0 Å². The predicted octanol–water partition coefficient (Wildman–Crippen LogP) is 3.41. The minimum absolute atomic E-state index is 0.0654. The van der Waals surface area contributed by atoms with Gasteiger partial charge in [0.15, 0.2) is 0 Å². The topological polar surface area (TPSA) is 61.4 Å². The van der Waals surface area contributed by atoms with Crippen LogP contribution in [0.2, 0.25) is 5.02 Å². The van der Waals surface area contributed by atoms with Crippen molar-refractivity contribution in [1.29, 1.82) is 0 Å². The van der Waals surface area contributed by atoms with Crippen molar-refractivity contribution in [3.05, 3.63) is 59.4 Å². The molecule has 0 unspecified atom stereocenters. The molecule has 24 heavy (non-hydrogen) atoms. The first-order valence-electron chi connectivity index (χ1n) is 7.40. The molecular formula is C17H15ClFN3O2. The molecular weight excluding hydrogens is 333 g/mol. The van der Waals surface area contributed by atoms with E-state index < -0.39 is 6.03 Å². The lowest BCUT2D eigenvalue weighted by Gasteiger charge is -2.17. The summed E-state index contributed by atoms with van der Waals surface area (Å²) in [7, 11) is 0. The van der Waals surface area contributed by atoms with Crippen LogP contribution >= 0.6 is 11.6 Å². The predicted molar refractivity (Wildman–Crippen MR) is 90.8 cm³/mol. The van der Waals surface area contributed by atoms with Crippen LogP contribution in [0, 0.1) is 5.82 Å². The summed E-state index contributed by atoms with van der Waals surface area (Å²) in [6.45, 7) is 0.386. The van der Waals surface area contributed by atoms with Crippen molar-refractivity contribution >= 4 is 34.9 Å². The summed E-state index contributed by atoms with van der Waals surface area (Å²) in [5.74, 6) is -0.439. The van der Waals surface area contributed by atoms with Gasteiger partial charge in [-0.1, -0.05) is 11.6 Å². The van der Waals surface area contributed by atoms with E-state index in [0.29, 0.717) is 17.3 Å². The molecule has 2 aromatic rings. The lowest BCUT2D eigenvalue weighted by atomic mass is 10.2. The van der Waals surface area contributed by atoms with Crippen LogP contribution in [-0.4, -0.2) is 24.5 Å². The molecule has 0 saturated carbocycles. The van der Waals surface area contributed by atoms with Gasteiger partial charge in [-0.25, -0.2) is 9.18 Å². The van der Waals surface area contributed by atoms with E-state index in [1.54, 1.807) is 29.2 Å². The molecule has 1 aliphatic rings. The number of urea groups is 1. The number of halogens is 2.